The molecule has 2 rings (SSSR count). The van der Waals surface area contributed by atoms with Gasteiger partial charge in [-0.3, -0.25) is 0 Å². The highest BCUT2D eigenvalue weighted by Gasteiger charge is 2.02. The maximum Gasteiger partial charge on any atom is 0.0952 e. The summed E-state index contributed by atoms with van der Waals surface area (Å²) in [7, 11) is 0. The molecule has 0 aliphatic rings. The molecule has 3 nitrogen and oxygen atoms in total. The summed E-state index contributed by atoms with van der Waals surface area (Å²) in [5.41, 5.74) is 6.65. The van der Waals surface area contributed by atoms with Crippen molar-refractivity contribution in [1.29, 1.82) is 0 Å². The third-order valence-electron chi connectivity index (χ3n) is 1.96. The lowest BCUT2D eigenvalue weighted by Gasteiger charge is -2.03. The molecule has 2 N–H and O–H groups in total. The highest BCUT2D eigenvalue weighted by atomic mass is 79.9. The minimum atomic E-state index is 0.534. The summed E-state index contributed by atoms with van der Waals surface area (Å²) in [4.78, 5) is 5.37. The fourth-order valence-corrected chi connectivity index (χ4v) is 2.75. The van der Waals surface area contributed by atoms with E-state index in [2.05, 4.69) is 37.6 Å². The minimum absolute atomic E-state index is 0.534. The number of hydrogen-bond donors (Lipinski definition) is 1. The monoisotopic (exact) mass is 271 g/mol. The lowest BCUT2D eigenvalue weighted by Crippen LogP contribution is -2.06. The Morgan fingerprint density at radius 1 is 1.50 bits per heavy atom. The van der Waals surface area contributed by atoms with E-state index < -0.39 is 0 Å². The van der Waals surface area contributed by atoms with Crippen molar-refractivity contribution in [1.82, 2.24) is 9.55 Å². The Hall–Kier alpha value is -0.650. The van der Waals surface area contributed by atoms with Crippen LogP contribution in [0, 0.1) is 0 Å². The van der Waals surface area contributed by atoms with Gasteiger partial charge in [0.15, 0.2) is 0 Å². The summed E-state index contributed by atoms with van der Waals surface area (Å²) in [5, 5.41) is 0. The van der Waals surface area contributed by atoms with Gasteiger partial charge in [0.1, 0.15) is 0 Å². The van der Waals surface area contributed by atoms with Crippen LogP contribution in [-0.2, 0) is 13.1 Å². The van der Waals surface area contributed by atoms with Gasteiger partial charge < -0.3 is 10.3 Å². The van der Waals surface area contributed by atoms with Crippen LogP contribution in [0.2, 0.25) is 0 Å². The van der Waals surface area contributed by atoms with Crippen LogP contribution in [0.3, 0.4) is 0 Å². The number of rotatable bonds is 3. The van der Waals surface area contributed by atoms with Gasteiger partial charge in [-0.05, 0) is 28.1 Å². The van der Waals surface area contributed by atoms with Crippen LogP contribution >= 0.6 is 27.3 Å². The molecule has 14 heavy (non-hydrogen) atoms. The van der Waals surface area contributed by atoms with Crippen LogP contribution in [0.4, 0.5) is 0 Å². The zero-order chi connectivity index (χ0) is 9.97. The molecular formula is C9H10BrN3S. The van der Waals surface area contributed by atoms with Gasteiger partial charge in [0.25, 0.3) is 0 Å². The van der Waals surface area contributed by atoms with Crippen molar-refractivity contribution in [3.63, 3.8) is 0 Å². The van der Waals surface area contributed by atoms with Gasteiger partial charge in [0, 0.05) is 17.6 Å². The number of halogens is 1. The summed E-state index contributed by atoms with van der Waals surface area (Å²) in [6.07, 6.45) is 3.62. The summed E-state index contributed by atoms with van der Waals surface area (Å²) in [6.45, 7) is 1.38. The van der Waals surface area contributed by atoms with E-state index in [-0.39, 0.29) is 0 Å². The molecule has 0 radical (unpaired) electrons. The second-order valence-electron chi connectivity index (χ2n) is 2.92. The fraction of sp³-hybridized carbons (Fsp3) is 0.222. The Balaban J connectivity index is 2.18. The first-order valence-corrected chi connectivity index (χ1v) is 5.84. The smallest absolute Gasteiger partial charge is 0.0952 e. The first-order valence-electron chi connectivity index (χ1n) is 4.23. The summed E-state index contributed by atoms with van der Waals surface area (Å²) in [5.74, 6) is 0. The highest BCUT2D eigenvalue weighted by Crippen LogP contribution is 2.23. The first kappa shape index (κ1) is 9.89. The quantitative estimate of drug-likeness (QED) is 0.931. The molecule has 0 bridgehead atoms. The van der Waals surface area contributed by atoms with Crippen LogP contribution in [-0.4, -0.2) is 9.55 Å². The molecular weight excluding hydrogens is 262 g/mol. The van der Waals surface area contributed by atoms with Gasteiger partial charge >= 0.3 is 0 Å². The van der Waals surface area contributed by atoms with Gasteiger partial charge in [-0.1, -0.05) is 0 Å². The number of hydrogen-bond acceptors (Lipinski definition) is 3. The third-order valence-corrected chi connectivity index (χ3v) is 3.57. The van der Waals surface area contributed by atoms with E-state index in [1.807, 2.05) is 12.5 Å². The zero-order valence-corrected chi connectivity index (χ0v) is 9.88. The third kappa shape index (κ3) is 2.05. The Labute approximate surface area is 94.7 Å². The van der Waals surface area contributed by atoms with Crippen LogP contribution in [0.25, 0.3) is 0 Å². The van der Waals surface area contributed by atoms with E-state index >= 15 is 0 Å². The molecule has 0 atom stereocenters. The molecule has 0 unspecified atom stereocenters. The number of aromatic nitrogens is 2. The SMILES string of the molecule is NCc1cncn1Cc1ccc(Br)s1. The molecule has 2 heterocycles. The number of nitrogens with zero attached hydrogens (tertiary/aromatic N) is 2. The van der Waals surface area contributed by atoms with Gasteiger partial charge in [0.2, 0.25) is 0 Å². The molecule has 0 saturated carbocycles. The average molecular weight is 272 g/mol. The normalized spacial score (nSPS) is 10.7. The van der Waals surface area contributed by atoms with E-state index in [0.29, 0.717) is 6.54 Å². The highest BCUT2D eigenvalue weighted by molar-refractivity contribution is 9.11. The zero-order valence-electron chi connectivity index (χ0n) is 7.48. The molecule has 0 fully saturated rings. The molecule has 5 heteroatoms. The maximum absolute atomic E-state index is 5.59. The Kier molecular flexibility index (Phi) is 3.00. The van der Waals surface area contributed by atoms with E-state index in [9.17, 15) is 0 Å². The van der Waals surface area contributed by atoms with Crippen molar-refractivity contribution in [3.8, 4) is 0 Å². The van der Waals surface area contributed by atoms with Crippen LogP contribution < -0.4 is 5.73 Å². The topological polar surface area (TPSA) is 43.8 Å². The molecule has 2 aromatic heterocycles. The van der Waals surface area contributed by atoms with Crippen LogP contribution in [0.1, 0.15) is 10.6 Å². The lowest BCUT2D eigenvalue weighted by atomic mass is 10.4. The van der Waals surface area contributed by atoms with Crippen molar-refractivity contribution in [3.05, 3.63) is 39.0 Å². The van der Waals surface area contributed by atoms with Gasteiger partial charge in [-0.25, -0.2) is 4.98 Å². The molecule has 0 aliphatic heterocycles. The predicted molar refractivity (Wildman–Crippen MR) is 61.2 cm³/mol. The van der Waals surface area contributed by atoms with Crippen molar-refractivity contribution in [2.75, 3.05) is 0 Å². The molecule has 0 aromatic carbocycles. The van der Waals surface area contributed by atoms with Crippen LogP contribution in [0.5, 0.6) is 0 Å². The summed E-state index contributed by atoms with van der Waals surface area (Å²) in [6, 6.07) is 4.16. The molecule has 2 aromatic rings. The van der Waals surface area contributed by atoms with E-state index in [1.165, 1.54) is 4.88 Å². The van der Waals surface area contributed by atoms with Gasteiger partial charge in [0.05, 0.1) is 22.4 Å². The molecule has 0 amide bonds. The standard InChI is InChI=1S/C9H10BrN3S/c10-9-2-1-8(14-9)5-13-6-12-4-7(13)3-11/h1-2,4,6H,3,5,11H2. The van der Waals surface area contributed by atoms with E-state index in [4.69, 9.17) is 5.73 Å². The van der Waals surface area contributed by atoms with E-state index in [0.717, 1.165) is 16.0 Å². The second kappa shape index (κ2) is 4.25. The lowest BCUT2D eigenvalue weighted by molar-refractivity contribution is 0.749. The number of nitrogens with two attached hydrogens (primary N) is 1. The maximum atomic E-state index is 5.59. The minimum Gasteiger partial charge on any atom is -0.328 e. The number of thiophene rings is 1. The predicted octanol–water partition coefficient (Wildman–Crippen LogP) is 2.21. The van der Waals surface area contributed by atoms with Crippen molar-refractivity contribution in [2.45, 2.75) is 13.1 Å². The van der Waals surface area contributed by atoms with Gasteiger partial charge in [-0.15, -0.1) is 11.3 Å². The van der Waals surface area contributed by atoms with Crippen molar-refractivity contribution >= 4 is 27.3 Å². The Bertz CT molecular complexity index is 421. The summed E-state index contributed by atoms with van der Waals surface area (Å²) >= 11 is 5.17. The second-order valence-corrected chi connectivity index (χ2v) is 5.47. The Morgan fingerprint density at radius 3 is 3.00 bits per heavy atom. The van der Waals surface area contributed by atoms with Crippen LogP contribution in [0.15, 0.2) is 28.4 Å². The summed E-state index contributed by atoms with van der Waals surface area (Å²) < 4.78 is 3.22. The van der Waals surface area contributed by atoms with Crippen molar-refractivity contribution < 1.29 is 0 Å². The van der Waals surface area contributed by atoms with E-state index in [1.54, 1.807) is 11.3 Å². The molecule has 74 valence electrons. The molecule has 0 saturated heterocycles. The average Bonchev–Trinajstić information content (AvgIpc) is 2.76. The van der Waals surface area contributed by atoms with Crippen molar-refractivity contribution in [2.24, 2.45) is 5.73 Å². The van der Waals surface area contributed by atoms with Gasteiger partial charge in [-0.2, -0.15) is 0 Å². The molecule has 0 spiro atoms. The molecule has 0 aliphatic carbocycles. The fourth-order valence-electron chi connectivity index (χ4n) is 1.27. The first-order chi connectivity index (χ1) is 6.79. The largest absolute Gasteiger partial charge is 0.328 e. The Morgan fingerprint density at radius 2 is 2.36 bits per heavy atom. The number of imidazole rings is 1.